The summed E-state index contributed by atoms with van der Waals surface area (Å²) in [6, 6.07) is 14.3. The van der Waals surface area contributed by atoms with Crippen molar-refractivity contribution in [3.63, 3.8) is 0 Å². The fraction of sp³-hybridized carbons (Fsp3) is 0.395. The monoisotopic (exact) mass is 734 g/mol. The van der Waals surface area contributed by atoms with E-state index < -0.39 is 0 Å². The number of hydrogen-bond acceptors (Lipinski definition) is 1. The quantitative estimate of drug-likeness (QED) is 0.198. The molecule has 0 aliphatic heterocycles. The normalized spacial score (nSPS) is 21.0. The summed E-state index contributed by atoms with van der Waals surface area (Å²) < 4.78 is 9.08. The Bertz CT molecular complexity index is 1940. The first-order valence-corrected chi connectivity index (χ1v) is 18.8. The molecule has 4 aliphatic carbocycles. The van der Waals surface area contributed by atoms with Crippen molar-refractivity contribution in [3.8, 4) is 22.3 Å². The molecule has 46 heavy (non-hydrogen) atoms. The van der Waals surface area contributed by atoms with E-state index >= 15 is 0 Å². The summed E-state index contributed by atoms with van der Waals surface area (Å²) in [5, 5.41) is 0. The number of fused-ring (bicyclic) bond motifs is 4. The molecule has 0 saturated heterocycles. The van der Waals surface area contributed by atoms with Crippen LogP contribution in [0.25, 0.3) is 28.3 Å². The summed E-state index contributed by atoms with van der Waals surface area (Å²) in [6.07, 6.45) is 11.9. The van der Waals surface area contributed by atoms with Crippen molar-refractivity contribution in [2.24, 2.45) is 11.8 Å². The van der Waals surface area contributed by atoms with Crippen molar-refractivity contribution in [1.29, 1.82) is 0 Å². The van der Waals surface area contributed by atoms with Crippen LogP contribution in [0.15, 0.2) is 50.9 Å². The van der Waals surface area contributed by atoms with Gasteiger partial charge in [0.2, 0.25) is 0 Å². The van der Waals surface area contributed by atoms with Crippen LogP contribution in [-0.4, -0.2) is 7.11 Å². The summed E-state index contributed by atoms with van der Waals surface area (Å²) in [5.74, 6) is 1.08. The maximum absolute atomic E-state index is 6.39. The molecule has 3 heteroatoms. The molecule has 8 rings (SSSR count). The van der Waals surface area contributed by atoms with Crippen LogP contribution >= 0.6 is 31.9 Å². The lowest BCUT2D eigenvalue weighted by molar-refractivity contribution is 0.0524. The minimum atomic E-state index is 0.142. The van der Waals surface area contributed by atoms with Gasteiger partial charge in [0.1, 0.15) is 0 Å². The first-order valence-electron chi connectivity index (χ1n) is 17.2. The fourth-order valence-electron chi connectivity index (χ4n) is 9.90. The van der Waals surface area contributed by atoms with Crippen LogP contribution in [-0.2, 0) is 43.3 Å². The van der Waals surface area contributed by atoms with Gasteiger partial charge < -0.3 is 4.74 Å². The zero-order valence-electron chi connectivity index (χ0n) is 28.1. The predicted molar refractivity (Wildman–Crippen MR) is 200 cm³/mol. The Morgan fingerprint density at radius 3 is 1.83 bits per heavy atom. The van der Waals surface area contributed by atoms with Crippen LogP contribution < -0.4 is 0 Å². The molecule has 0 heterocycles. The van der Waals surface area contributed by atoms with Crippen LogP contribution in [0.2, 0.25) is 0 Å². The van der Waals surface area contributed by atoms with Gasteiger partial charge in [0, 0.05) is 16.1 Å². The molecule has 0 fully saturated rings. The van der Waals surface area contributed by atoms with Crippen LogP contribution in [0.3, 0.4) is 0 Å². The Balaban J connectivity index is 1.25. The van der Waals surface area contributed by atoms with Crippen LogP contribution in [0, 0.1) is 39.5 Å². The second-order valence-electron chi connectivity index (χ2n) is 15.0. The van der Waals surface area contributed by atoms with Gasteiger partial charge in [0.05, 0.1) is 6.10 Å². The van der Waals surface area contributed by atoms with Gasteiger partial charge in [-0.1, -0.05) is 102 Å². The average molecular weight is 737 g/mol. The van der Waals surface area contributed by atoms with E-state index in [9.17, 15) is 0 Å². The zero-order valence-corrected chi connectivity index (χ0v) is 31.3. The van der Waals surface area contributed by atoms with E-state index in [-0.39, 0.29) is 6.10 Å². The van der Waals surface area contributed by atoms with Crippen LogP contribution in [0.4, 0.5) is 0 Å². The fourth-order valence-corrected chi connectivity index (χ4v) is 11.6. The number of ether oxygens (including phenoxy) is 1. The van der Waals surface area contributed by atoms with E-state index in [4.69, 9.17) is 4.74 Å². The highest BCUT2D eigenvalue weighted by Crippen LogP contribution is 2.54. The Hall–Kier alpha value is -2.46. The number of benzene rings is 4. The third-order valence-electron chi connectivity index (χ3n) is 11.4. The molecule has 1 nitrogen and oxygen atoms in total. The Morgan fingerprint density at radius 2 is 1.22 bits per heavy atom. The molecule has 4 aromatic rings. The van der Waals surface area contributed by atoms with Gasteiger partial charge in [0.15, 0.2) is 0 Å². The van der Waals surface area contributed by atoms with Crippen LogP contribution in [0.1, 0.15) is 92.6 Å². The molecular weight excluding hydrogens is 692 g/mol. The smallest absolute Gasteiger partial charge is 0.0866 e. The van der Waals surface area contributed by atoms with Gasteiger partial charge in [-0.2, -0.15) is 0 Å². The molecule has 0 saturated carbocycles. The second kappa shape index (κ2) is 11.6. The maximum atomic E-state index is 6.39. The summed E-state index contributed by atoms with van der Waals surface area (Å²) in [4.78, 5) is 0. The van der Waals surface area contributed by atoms with Gasteiger partial charge in [-0.05, 0) is 165 Å². The van der Waals surface area contributed by atoms with Crippen molar-refractivity contribution in [1.82, 2.24) is 0 Å². The first-order chi connectivity index (χ1) is 22.1. The van der Waals surface area contributed by atoms with E-state index in [1.807, 2.05) is 7.11 Å². The van der Waals surface area contributed by atoms with Crippen molar-refractivity contribution >= 4 is 37.9 Å². The minimum absolute atomic E-state index is 0.142. The Morgan fingerprint density at radius 1 is 0.652 bits per heavy atom. The van der Waals surface area contributed by atoms with E-state index in [0.717, 1.165) is 25.7 Å². The lowest BCUT2D eigenvalue weighted by Gasteiger charge is -2.23. The Kier molecular flexibility index (Phi) is 7.78. The largest absolute Gasteiger partial charge is 0.376 e. The average Bonchev–Trinajstić information content (AvgIpc) is 3.78. The van der Waals surface area contributed by atoms with Crippen molar-refractivity contribution in [2.45, 2.75) is 92.1 Å². The molecule has 0 N–H and O–H groups in total. The van der Waals surface area contributed by atoms with Gasteiger partial charge >= 0.3 is 0 Å². The number of halogens is 2. The van der Waals surface area contributed by atoms with Crippen molar-refractivity contribution in [2.75, 3.05) is 7.11 Å². The summed E-state index contributed by atoms with van der Waals surface area (Å²) >= 11 is 8.17. The van der Waals surface area contributed by atoms with E-state index in [2.05, 4.69) is 109 Å². The number of hydrogen-bond donors (Lipinski definition) is 0. The molecule has 3 atom stereocenters. The molecule has 0 amide bonds. The molecule has 0 bridgehead atoms. The predicted octanol–water partition coefficient (Wildman–Crippen LogP) is 11.9. The zero-order chi connectivity index (χ0) is 32.0. The summed E-state index contributed by atoms with van der Waals surface area (Å²) in [5.41, 5.74) is 24.9. The summed E-state index contributed by atoms with van der Waals surface area (Å²) in [6.45, 7) is 11.3. The number of rotatable bonds is 5. The molecule has 0 aromatic heterocycles. The van der Waals surface area contributed by atoms with Gasteiger partial charge in [0.25, 0.3) is 0 Å². The molecule has 0 radical (unpaired) electrons. The highest BCUT2D eigenvalue weighted by Gasteiger charge is 2.41. The second-order valence-corrected chi connectivity index (χ2v) is 16.6. The van der Waals surface area contributed by atoms with Crippen LogP contribution in [0.5, 0.6) is 0 Å². The van der Waals surface area contributed by atoms with E-state index in [1.165, 1.54) is 113 Å². The van der Waals surface area contributed by atoms with Gasteiger partial charge in [-0.25, -0.2) is 0 Å². The standard InChI is InChI=1S/C43H44Br2O/c1-22-10-23(2)13-28(12-22)38-33-16-26(5)17-34(33)39(29-14-24(3)11-25(4)15-29)36-20-27(19-35(36)38)18-30-21-37-40(43(30)46-6)42(45)32-9-7-8-31(32)41(37)44/h10-16,27,30,43H,7-9,17-21H2,1-6H3. The minimum Gasteiger partial charge on any atom is -0.376 e. The molecular formula is C43H44Br2O. The third-order valence-corrected chi connectivity index (χ3v) is 13.2. The third kappa shape index (κ3) is 4.94. The Labute approximate surface area is 292 Å². The molecule has 4 aromatic carbocycles. The van der Waals surface area contributed by atoms with Gasteiger partial charge in [-0.15, -0.1) is 0 Å². The van der Waals surface area contributed by atoms with E-state index in [1.54, 1.807) is 16.7 Å². The van der Waals surface area contributed by atoms with Gasteiger partial charge in [-0.3, -0.25) is 0 Å². The SMILES string of the molecule is COC1c2c(Br)c3c(c(Br)c2CC1CC1Cc2c(c(-c4cc(C)cc(C)c4)c4c(c2-c2cc(C)cc(C)c2)C=C(C)C4)C1)CCC3. The number of methoxy groups -OCH3 is 1. The van der Waals surface area contributed by atoms with Crippen molar-refractivity contribution < 1.29 is 4.74 Å². The topological polar surface area (TPSA) is 9.23 Å². The summed E-state index contributed by atoms with van der Waals surface area (Å²) in [7, 11) is 1.93. The maximum Gasteiger partial charge on any atom is 0.0866 e. The lowest BCUT2D eigenvalue weighted by atomic mass is 9.82. The van der Waals surface area contributed by atoms with E-state index in [0.29, 0.717) is 11.8 Å². The molecule has 236 valence electrons. The first kappa shape index (κ1) is 30.8. The highest BCUT2D eigenvalue weighted by atomic mass is 79.9. The molecule has 0 spiro atoms. The molecule has 4 aliphatic rings. The number of allylic oxidation sites excluding steroid dienone is 1. The highest BCUT2D eigenvalue weighted by molar-refractivity contribution is 9.11. The number of aryl methyl sites for hydroxylation is 4. The lowest BCUT2D eigenvalue weighted by Crippen LogP contribution is -2.15. The molecule has 3 unspecified atom stereocenters. The van der Waals surface area contributed by atoms with Crippen molar-refractivity contribution in [3.05, 3.63) is 118 Å².